The van der Waals surface area contributed by atoms with Crippen molar-refractivity contribution in [2.75, 3.05) is 26.2 Å². The fourth-order valence-corrected chi connectivity index (χ4v) is 4.60. The van der Waals surface area contributed by atoms with Gasteiger partial charge in [0.15, 0.2) is 0 Å². The van der Waals surface area contributed by atoms with Crippen LogP contribution in [0.15, 0.2) is 29.6 Å². The summed E-state index contributed by atoms with van der Waals surface area (Å²) >= 11 is 1.39. The van der Waals surface area contributed by atoms with Crippen molar-refractivity contribution in [2.24, 2.45) is 5.41 Å². The van der Waals surface area contributed by atoms with Gasteiger partial charge in [0.1, 0.15) is 10.7 Å². The summed E-state index contributed by atoms with van der Waals surface area (Å²) < 4.78 is 0. The summed E-state index contributed by atoms with van der Waals surface area (Å²) in [5, 5.41) is 16.7. The molecule has 0 bridgehead atoms. The second kappa shape index (κ2) is 6.77. The van der Waals surface area contributed by atoms with Crippen LogP contribution in [0.4, 0.5) is 5.69 Å². The second-order valence-corrected chi connectivity index (χ2v) is 7.92. The fraction of sp³-hybridized carbons (Fsp3) is 0.444. The van der Waals surface area contributed by atoms with E-state index in [1.54, 1.807) is 17.5 Å². The van der Waals surface area contributed by atoms with Crippen LogP contribution in [0.3, 0.4) is 0 Å². The van der Waals surface area contributed by atoms with Gasteiger partial charge in [-0.25, -0.2) is 4.98 Å². The number of piperidine rings is 1. The summed E-state index contributed by atoms with van der Waals surface area (Å²) in [6.45, 7) is 3.71. The Morgan fingerprint density at radius 2 is 1.96 bits per heavy atom. The molecule has 26 heavy (non-hydrogen) atoms. The highest BCUT2D eigenvalue weighted by molar-refractivity contribution is 7.13. The molecule has 0 aliphatic carbocycles. The molecule has 2 saturated heterocycles. The first-order valence-corrected chi connectivity index (χ1v) is 9.65. The van der Waals surface area contributed by atoms with Crippen molar-refractivity contribution in [1.29, 1.82) is 0 Å². The maximum Gasteiger partial charge on any atom is 0.273 e. The Morgan fingerprint density at radius 1 is 1.23 bits per heavy atom. The summed E-state index contributed by atoms with van der Waals surface area (Å²) in [4.78, 5) is 29.4. The summed E-state index contributed by atoms with van der Waals surface area (Å²) in [7, 11) is 0. The molecule has 1 N–H and O–H groups in total. The molecule has 0 radical (unpaired) electrons. The van der Waals surface area contributed by atoms with Gasteiger partial charge in [0.2, 0.25) is 0 Å². The van der Waals surface area contributed by atoms with Gasteiger partial charge in [-0.2, -0.15) is 0 Å². The molecule has 3 heterocycles. The van der Waals surface area contributed by atoms with E-state index in [-0.39, 0.29) is 11.6 Å². The number of thiazole rings is 1. The zero-order valence-electron chi connectivity index (χ0n) is 14.3. The van der Waals surface area contributed by atoms with Crippen LogP contribution in [0.2, 0.25) is 0 Å². The highest BCUT2D eigenvalue weighted by Crippen LogP contribution is 2.37. The Balaban J connectivity index is 1.44. The van der Waals surface area contributed by atoms with Crippen LogP contribution in [-0.2, 0) is 0 Å². The summed E-state index contributed by atoms with van der Waals surface area (Å²) in [5.41, 5.74) is 1.67. The van der Waals surface area contributed by atoms with Crippen LogP contribution >= 0.6 is 11.3 Å². The Hall–Kier alpha value is -2.32. The van der Waals surface area contributed by atoms with E-state index in [4.69, 9.17) is 0 Å². The minimum Gasteiger partial charge on any atom is -0.337 e. The Labute approximate surface area is 155 Å². The minimum absolute atomic E-state index is 0.0183. The molecule has 4 rings (SSSR count). The summed E-state index contributed by atoms with van der Waals surface area (Å²) in [6.07, 6.45) is 3.30. The number of amides is 1. The molecule has 8 heteroatoms. The summed E-state index contributed by atoms with van der Waals surface area (Å²) in [6, 6.07) is 6.25. The largest absolute Gasteiger partial charge is 0.337 e. The normalized spacial score (nSPS) is 19.0. The third-order valence-electron chi connectivity index (χ3n) is 5.49. The standard InChI is InChI=1S/C18H20N4O3S/c23-17(21-9-6-18(7-10-21)5-8-19-12-18)15-11-26-16(20-15)13-1-3-14(4-2-13)22(24)25/h1-4,11,19H,5-10,12H2. The zero-order chi connectivity index (χ0) is 18.1. The van der Waals surface area contributed by atoms with Gasteiger partial charge in [-0.15, -0.1) is 11.3 Å². The molecule has 1 aromatic heterocycles. The summed E-state index contributed by atoms with van der Waals surface area (Å²) in [5.74, 6) is -0.0183. The van der Waals surface area contributed by atoms with E-state index in [2.05, 4.69) is 10.3 Å². The van der Waals surface area contributed by atoms with Gasteiger partial charge in [0.25, 0.3) is 11.6 Å². The maximum absolute atomic E-state index is 12.8. The van der Waals surface area contributed by atoms with Gasteiger partial charge >= 0.3 is 0 Å². The number of benzene rings is 1. The molecule has 1 spiro atoms. The SMILES string of the molecule is O=C(c1csc(-c2ccc([N+](=O)[O-])cc2)n1)N1CCC2(CCNC2)CC1. The van der Waals surface area contributed by atoms with E-state index in [1.807, 2.05) is 4.90 Å². The average molecular weight is 372 g/mol. The smallest absolute Gasteiger partial charge is 0.273 e. The number of carbonyl (C=O) groups excluding carboxylic acids is 1. The van der Waals surface area contributed by atoms with Crippen molar-refractivity contribution in [3.05, 3.63) is 45.5 Å². The predicted octanol–water partition coefficient (Wildman–Crippen LogP) is 2.93. The third-order valence-corrected chi connectivity index (χ3v) is 6.38. The van der Waals surface area contributed by atoms with E-state index in [9.17, 15) is 14.9 Å². The highest BCUT2D eigenvalue weighted by atomic mass is 32.1. The number of nitro benzene ring substituents is 1. The predicted molar refractivity (Wildman–Crippen MR) is 99.3 cm³/mol. The molecule has 2 fully saturated rings. The van der Waals surface area contributed by atoms with Gasteiger partial charge < -0.3 is 10.2 Å². The van der Waals surface area contributed by atoms with Crippen molar-refractivity contribution in [1.82, 2.24) is 15.2 Å². The number of aromatic nitrogens is 1. The molecule has 0 saturated carbocycles. The van der Waals surface area contributed by atoms with E-state index in [0.29, 0.717) is 16.1 Å². The van der Waals surface area contributed by atoms with Crippen LogP contribution in [0, 0.1) is 15.5 Å². The number of hydrogen-bond donors (Lipinski definition) is 1. The second-order valence-electron chi connectivity index (χ2n) is 7.06. The molecular formula is C18H20N4O3S. The number of carbonyl (C=O) groups is 1. The van der Waals surface area contributed by atoms with Crippen molar-refractivity contribution < 1.29 is 9.72 Å². The van der Waals surface area contributed by atoms with E-state index < -0.39 is 4.92 Å². The Morgan fingerprint density at radius 3 is 2.58 bits per heavy atom. The van der Waals surface area contributed by atoms with Crippen molar-refractivity contribution in [3.8, 4) is 10.6 Å². The lowest BCUT2D eigenvalue weighted by molar-refractivity contribution is -0.384. The van der Waals surface area contributed by atoms with E-state index in [0.717, 1.165) is 44.6 Å². The topological polar surface area (TPSA) is 88.4 Å². The molecule has 1 aromatic carbocycles. The van der Waals surface area contributed by atoms with Crippen LogP contribution < -0.4 is 5.32 Å². The van der Waals surface area contributed by atoms with Gasteiger partial charge in [0, 0.05) is 42.7 Å². The Bertz CT molecular complexity index is 817. The molecule has 2 aromatic rings. The van der Waals surface area contributed by atoms with Gasteiger partial charge in [-0.05, 0) is 43.4 Å². The quantitative estimate of drug-likeness (QED) is 0.661. The van der Waals surface area contributed by atoms with Crippen LogP contribution in [0.1, 0.15) is 29.8 Å². The van der Waals surface area contributed by atoms with Gasteiger partial charge in [-0.1, -0.05) is 0 Å². The lowest BCUT2D eigenvalue weighted by Crippen LogP contribution is -2.44. The highest BCUT2D eigenvalue weighted by Gasteiger charge is 2.38. The van der Waals surface area contributed by atoms with E-state index in [1.165, 1.54) is 29.9 Å². The van der Waals surface area contributed by atoms with Crippen molar-refractivity contribution in [3.63, 3.8) is 0 Å². The monoisotopic (exact) mass is 372 g/mol. The zero-order valence-corrected chi connectivity index (χ0v) is 15.1. The number of hydrogen-bond acceptors (Lipinski definition) is 6. The number of nitrogens with zero attached hydrogens (tertiary/aromatic N) is 3. The molecule has 2 aliphatic heterocycles. The molecular weight excluding hydrogens is 352 g/mol. The number of nitro groups is 1. The van der Waals surface area contributed by atoms with Crippen molar-refractivity contribution in [2.45, 2.75) is 19.3 Å². The van der Waals surface area contributed by atoms with Crippen molar-refractivity contribution >= 4 is 22.9 Å². The lowest BCUT2D eigenvalue weighted by Gasteiger charge is -2.38. The first-order valence-electron chi connectivity index (χ1n) is 8.77. The number of likely N-dealkylation sites (tertiary alicyclic amines) is 1. The average Bonchev–Trinajstić information content (AvgIpc) is 3.32. The van der Waals surface area contributed by atoms with Gasteiger partial charge in [-0.3, -0.25) is 14.9 Å². The molecule has 136 valence electrons. The number of nitrogens with one attached hydrogen (secondary N) is 1. The molecule has 0 unspecified atom stereocenters. The van der Waals surface area contributed by atoms with E-state index >= 15 is 0 Å². The maximum atomic E-state index is 12.8. The third kappa shape index (κ3) is 3.22. The fourth-order valence-electron chi connectivity index (χ4n) is 3.80. The number of rotatable bonds is 3. The number of non-ortho nitro benzene ring substituents is 1. The molecule has 7 nitrogen and oxygen atoms in total. The Kier molecular flexibility index (Phi) is 4.46. The van der Waals surface area contributed by atoms with Gasteiger partial charge in [0.05, 0.1) is 4.92 Å². The minimum atomic E-state index is -0.427. The first kappa shape index (κ1) is 17.1. The first-order chi connectivity index (χ1) is 12.6. The molecule has 2 aliphatic rings. The molecule has 1 amide bonds. The van der Waals surface area contributed by atoms with Crippen LogP contribution in [0.25, 0.3) is 10.6 Å². The van der Waals surface area contributed by atoms with Crippen LogP contribution in [0.5, 0.6) is 0 Å². The molecule has 0 atom stereocenters. The van der Waals surface area contributed by atoms with Crippen LogP contribution in [-0.4, -0.2) is 46.9 Å². The lowest BCUT2D eigenvalue weighted by atomic mass is 9.78.